The van der Waals surface area contributed by atoms with E-state index in [0.717, 1.165) is 0 Å². The number of rotatable bonds is 2. The summed E-state index contributed by atoms with van der Waals surface area (Å²) in [6.07, 6.45) is -0.276. The molecule has 1 aromatic carbocycles. The van der Waals surface area contributed by atoms with Crippen LogP contribution in [0.3, 0.4) is 0 Å². The lowest BCUT2D eigenvalue weighted by atomic mass is 9.91. The highest BCUT2D eigenvalue weighted by atomic mass is 16.3. The van der Waals surface area contributed by atoms with Crippen molar-refractivity contribution < 1.29 is 5.11 Å². The molecule has 1 nitrogen and oxygen atoms in total. The maximum atomic E-state index is 9.47. The SMILES string of the molecule is Cc1ccc([C@@H](C)[C@@H](C)O)c(C)c1. The third kappa shape index (κ3) is 2.31. The molecule has 0 fully saturated rings. The third-order valence-electron chi connectivity index (χ3n) is 2.64. The molecule has 0 aromatic heterocycles. The van der Waals surface area contributed by atoms with Gasteiger partial charge in [0.2, 0.25) is 0 Å². The minimum Gasteiger partial charge on any atom is -0.393 e. The van der Waals surface area contributed by atoms with E-state index < -0.39 is 0 Å². The van der Waals surface area contributed by atoms with Gasteiger partial charge < -0.3 is 5.11 Å². The number of aryl methyl sites for hydroxylation is 2. The molecule has 0 spiro atoms. The lowest BCUT2D eigenvalue weighted by Gasteiger charge is -2.17. The van der Waals surface area contributed by atoms with Gasteiger partial charge in [-0.15, -0.1) is 0 Å². The van der Waals surface area contributed by atoms with Crippen LogP contribution in [0, 0.1) is 13.8 Å². The van der Waals surface area contributed by atoms with Crippen LogP contribution in [0.1, 0.15) is 36.5 Å². The summed E-state index contributed by atoms with van der Waals surface area (Å²) in [6.45, 7) is 8.08. The van der Waals surface area contributed by atoms with Crippen molar-refractivity contribution >= 4 is 0 Å². The highest BCUT2D eigenvalue weighted by molar-refractivity contribution is 5.33. The van der Waals surface area contributed by atoms with Gasteiger partial charge >= 0.3 is 0 Å². The number of hydrogen-bond donors (Lipinski definition) is 1. The average Bonchev–Trinajstić information content (AvgIpc) is 2.03. The molecule has 0 radical (unpaired) electrons. The molecule has 1 heteroatoms. The second-order valence-corrected chi connectivity index (χ2v) is 3.89. The second-order valence-electron chi connectivity index (χ2n) is 3.89. The van der Waals surface area contributed by atoms with Crippen LogP contribution in [-0.2, 0) is 0 Å². The molecule has 1 N–H and O–H groups in total. The van der Waals surface area contributed by atoms with Crippen molar-refractivity contribution in [2.45, 2.75) is 39.7 Å². The molecule has 13 heavy (non-hydrogen) atoms. The normalized spacial score (nSPS) is 15.5. The smallest absolute Gasteiger partial charge is 0.0578 e. The molecular weight excluding hydrogens is 160 g/mol. The van der Waals surface area contributed by atoms with E-state index in [-0.39, 0.29) is 12.0 Å². The van der Waals surface area contributed by atoms with Crippen molar-refractivity contribution in [1.82, 2.24) is 0 Å². The van der Waals surface area contributed by atoms with Crippen LogP contribution in [0.15, 0.2) is 18.2 Å². The molecule has 0 unspecified atom stereocenters. The van der Waals surface area contributed by atoms with Crippen LogP contribution >= 0.6 is 0 Å². The van der Waals surface area contributed by atoms with Crippen molar-refractivity contribution in [2.24, 2.45) is 0 Å². The van der Waals surface area contributed by atoms with Crippen LogP contribution in [0.2, 0.25) is 0 Å². The Kier molecular flexibility index (Phi) is 3.10. The van der Waals surface area contributed by atoms with E-state index in [0.29, 0.717) is 0 Å². The Labute approximate surface area is 80.4 Å². The fourth-order valence-electron chi connectivity index (χ4n) is 1.60. The van der Waals surface area contributed by atoms with Gasteiger partial charge in [-0.3, -0.25) is 0 Å². The highest BCUT2D eigenvalue weighted by Crippen LogP contribution is 2.23. The van der Waals surface area contributed by atoms with Crippen molar-refractivity contribution in [3.05, 3.63) is 34.9 Å². The van der Waals surface area contributed by atoms with E-state index in [1.165, 1.54) is 16.7 Å². The van der Waals surface area contributed by atoms with Crippen LogP contribution in [-0.4, -0.2) is 11.2 Å². The number of aliphatic hydroxyl groups excluding tert-OH is 1. The van der Waals surface area contributed by atoms with E-state index in [1.807, 2.05) is 6.92 Å². The van der Waals surface area contributed by atoms with Crippen LogP contribution < -0.4 is 0 Å². The average molecular weight is 178 g/mol. The Hall–Kier alpha value is -0.820. The van der Waals surface area contributed by atoms with E-state index in [4.69, 9.17) is 0 Å². The van der Waals surface area contributed by atoms with Crippen molar-refractivity contribution in [1.29, 1.82) is 0 Å². The Morgan fingerprint density at radius 2 is 1.77 bits per heavy atom. The second kappa shape index (κ2) is 3.93. The summed E-state index contributed by atoms with van der Waals surface area (Å²) < 4.78 is 0. The summed E-state index contributed by atoms with van der Waals surface area (Å²) in [4.78, 5) is 0. The molecule has 0 amide bonds. The summed E-state index contributed by atoms with van der Waals surface area (Å²) in [5.41, 5.74) is 3.80. The predicted octanol–water partition coefficient (Wildman–Crippen LogP) is 2.79. The molecule has 72 valence electrons. The fourth-order valence-corrected chi connectivity index (χ4v) is 1.60. The zero-order valence-electron chi connectivity index (χ0n) is 8.83. The summed E-state index contributed by atoms with van der Waals surface area (Å²) in [6, 6.07) is 6.37. The first-order valence-electron chi connectivity index (χ1n) is 4.77. The first-order chi connectivity index (χ1) is 6.02. The van der Waals surface area contributed by atoms with Crippen molar-refractivity contribution in [3.8, 4) is 0 Å². The van der Waals surface area contributed by atoms with Crippen LogP contribution in [0.4, 0.5) is 0 Å². The molecule has 0 aliphatic rings. The summed E-state index contributed by atoms with van der Waals surface area (Å²) in [7, 11) is 0. The van der Waals surface area contributed by atoms with E-state index in [1.54, 1.807) is 0 Å². The Morgan fingerprint density at radius 3 is 2.23 bits per heavy atom. The van der Waals surface area contributed by atoms with Gasteiger partial charge in [0, 0.05) is 5.92 Å². The van der Waals surface area contributed by atoms with Gasteiger partial charge in [0.25, 0.3) is 0 Å². The van der Waals surface area contributed by atoms with Gasteiger partial charge in [0.15, 0.2) is 0 Å². The van der Waals surface area contributed by atoms with E-state index in [9.17, 15) is 5.11 Å². The first kappa shape index (κ1) is 10.3. The lowest BCUT2D eigenvalue weighted by Crippen LogP contribution is -2.12. The monoisotopic (exact) mass is 178 g/mol. The molecule has 0 aliphatic carbocycles. The highest BCUT2D eigenvalue weighted by Gasteiger charge is 2.13. The van der Waals surface area contributed by atoms with Crippen molar-refractivity contribution in [2.75, 3.05) is 0 Å². The van der Waals surface area contributed by atoms with Gasteiger partial charge in [0.1, 0.15) is 0 Å². The maximum Gasteiger partial charge on any atom is 0.0578 e. The fraction of sp³-hybridized carbons (Fsp3) is 0.500. The largest absolute Gasteiger partial charge is 0.393 e. The predicted molar refractivity (Wildman–Crippen MR) is 56.0 cm³/mol. The standard InChI is InChI=1S/C12H18O/c1-8-5-6-12(9(2)7-8)10(3)11(4)13/h5-7,10-11,13H,1-4H3/t10-,11+/m0/s1. The molecule has 0 saturated heterocycles. The Balaban J connectivity index is 3.01. The van der Waals surface area contributed by atoms with Crippen LogP contribution in [0.5, 0.6) is 0 Å². The molecule has 1 aromatic rings. The zero-order valence-corrected chi connectivity index (χ0v) is 8.83. The Morgan fingerprint density at radius 1 is 1.15 bits per heavy atom. The lowest BCUT2D eigenvalue weighted by molar-refractivity contribution is 0.168. The molecule has 0 saturated carbocycles. The number of benzene rings is 1. The first-order valence-corrected chi connectivity index (χ1v) is 4.77. The minimum atomic E-state index is -0.276. The van der Waals surface area contributed by atoms with Gasteiger partial charge in [-0.2, -0.15) is 0 Å². The zero-order chi connectivity index (χ0) is 10.0. The van der Waals surface area contributed by atoms with Gasteiger partial charge in [-0.25, -0.2) is 0 Å². The van der Waals surface area contributed by atoms with Gasteiger partial charge in [-0.05, 0) is 31.9 Å². The van der Waals surface area contributed by atoms with E-state index >= 15 is 0 Å². The number of aliphatic hydroxyl groups is 1. The molecule has 0 bridgehead atoms. The molecule has 1 rings (SSSR count). The maximum absolute atomic E-state index is 9.47. The molecule has 0 aliphatic heterocycles. The van der Waals surface area contributed by atoms with Gasteiger partial charge in [-0.1, -0.05) is 30.7 Å². The quantitative estimate of drug-likeness (QED) is 0.738. The van der Waals surface area contributed by atoms with E-state index in [2.05, 4.69) is 39.0 Å². The molecule has 2 atom stereocenters. The third-order valence-corrected chi connectivity index (χ3v) is 2.64. The minimum absolute atomic E-state index is 0.223. The van der Waals surface area contributed by atoms with Crippen LogP contribution in [0.25, 0.3) is 0 Å². The van der Waals surface area contributed by atoms with Gasteiger partial charge in [0.05, 0.1) is 6.10 Å². The molecular formula is C12H18O. The summed E-state index contributed by atoms with van der Waals surface area (Å²) in [5, 5.41) is 9.47. The molecule has 0 heterocycles. The topological polar surface area (TPSA) is 20.2 Å². The Bertz CT molecular complexity index is 289. The summed E-state index contributed by atoms with van der Waals surface area (Å²) >= 11 is 0. The number of hydrogen-bond acceptors (Lipinski definition) is 1. The summed E-state index contributed by atoms with van der Waals surface area (Å²) in [5.74, 6) is 0.223. The van der Waals surface area contributed by atoms with Crippen molar-refractivity contribution in [3.63, 3.8) is 0 Å².